The lowest BCUT2D eigenvalue weighted by Crippen LogP contribution is -2.49. The van der Waals surface area contributed by atoms with E-state index in [9.17, 15) is 13.2 Å². The number of nitrogens with zero attached hydrogens (tertiary/aromatic N) is 4. The molecule has 0 spiro atoms. The van der Waals surface area contributed by atoms with Gasteiger partial charge in [-0.25, -0.2) is 23.1 Å². The standard InChI is InChI=1S/C17H20BrN5O3S/c18-14-2-4-15(5-3-14)27(25,26)21-9-6-16(24)22-10-12-23(13-11-22)17-19-7-1-8-20-17/h1-5,7-8,21H,6,9-13H2. The van der Waals surface area contributed by atoms with Gasteiger partial charge in [-0.15, -0.1) is 0 Å². The molecule has 10 heteroatoms. The summed E-state index contributed by atoms with van der Waals surface area (Å²) in [5.74, 6) is 0.592. The second-order valence-corrected chi connectivity index (χ2v) is 8.70. The summed E-state index contributed by atoms with van der Waals surface area (Å²) in [6.07, 6.45) is 3.51. The van der Waals surface area contributed by atoms with Crippen molar-refractivity contribution in [2.45, 2.75) is 11.3 Å². The molecule has 1 aliphatic rings. The Labute approximate surface area is 166 Å². The lowest BCUT2D eigenvalue weighted by atomic mass is 10.3. The van der Waals surface area contributed by atoms with Gasteiger partial charge in [-0.1, -0.05) is 15.9 Å². The number of carbonyl (C=O) groups is 1. The van der Waals surface area contributed by atoms with Gasteiger partial charge in [0.1, 0.15) is 0 Å². The molecule has 0 unspecified atom stereocenters. The molecule has 27 heavy (non-hydrogen) atoms. The molecule has 8 nitrogen and oxygen atoms in total. The number of benzene rings is 1. The molecule has 0 aliphatic carbocycles. The molecule has 1 aliphatic heterocycles. The maximum Gasteiger partial charge on any atom is 0.240 e. The molecular formula is C17H20BrN5O3S. The van der Waals surface area contributed by atoms with Crippen molar-refractivity contribution >= 4 is 37.8 Å². The number of hydrogen-bond acceptors (Lipinski definition) is 6. The van der Waals surface area contributed by atoms with Crippen molar-refractivity contribution in [3.8, 4) is 0 Å². The number of amides is 1. The Balaban J connectivity index is 1.45. The number of anilines is 1. The Morgan fingerprint density at radius 3 is 2.33 bits per heavy atom. The Bertz CT molecular complexity index is 869. The number of halogens is 1. The summed E-state index contributed by atoms with van der Waals surface area (Å²) in [6, 6.07) is 8.11. The molecule has 3 rings (SSSR count). The molecule has 0 bridgehead atoms. The minimum Gasteiger partial charge on any atom is -0.339 e. The van der Waals surface area contributed by atoms with Crippen molar-refractivity contribution in [1.82, 2.24) is 19.6 Å². The van der Waals surface area contributed by atoms with Crippen LogP contribution in [0.25, 0.3) is 0 Å². The molecule has 0 atom stereocenters. The molecule has 144 valence electrons. The first-order chi connectivity index (χ1) is 13.0. The molecule has 1 saturated heterocycles. The Kier molecular flexibility index (Phi) is 6.40. The van der Waals surface area contributed by atoms with Crippen molar-refractivity contribution < 1.29 is 13.2 Å². The molecule has 1 aromatic heterocycles. The van der Waals surface area contributed by atoms with E-state index in [0.29, 0.717) is 32.1 Å². The van der Waals surface area contributed by atoms with Crippen molar-refractivity contribution in [3.05, 3.63) is 47.2 Å². The van der Waals surface area contributed by atoms with Crippen molar-refractivity contribution in [1.29, 1.82) is 0 Å². The van der Waals surface area contributed by atoms with E-state index in [4.69, 9.17) is 0 Å². The monoisotopic (exact) mass is 453 g/mol. The number of sulfonamides is 1. The lowest BCUT2D eigenvalue weighted by Gasteiger charge is -2.34. The molecular weight excluding hydrogens is 434 g/mol. The van der Waals surface area contributed by atoms with Crippen molar-refractivity contribution in [2.24, 2.45) is 0 Å². The molecule has 1 fully saturated rings. The summed E-state index contributed by atoms with van der Waals surface area (Å²) in [5, 5.41) is 0. The topological polar surface area (TPSA) is 95.5 Å². The number of carbonyl (C=O) groups excluding carboxylic acids is 1. The normalized spacial score (nSPS) is 15.0. The molecule has 1 amide bonds. The van der Waals surface area contributed by atoms with Gasteiger partial charge in [0.05, 0.1) is 4.90 Å². The molecule has 1 N–H and O–H groups in total. The minimum absolute atomic E-state index is 0.0675. The van der Waals surface area contributed by atoms with E-state index in [1.165, 1.54) is 12.1 Å². The predicted octanol–water partition coefficient (Wildman–Crippen LogP) is 1.26. The zero-order valence-corrected chi connectivity index (χ0v) is 17.0. The first-order valence-electron chi connectivity index (χ1n) is 8.51. The van der Waals surface area contributed by atoms with Gasteiger partial charge in [0.15, 0.2) is 0 Å². The van der Waals surface area contributed by atoms with Crippen LogP contribution in [0.1, 0.15) is 6.42 Å². The lowest BCUT2D eigenvalue weighted by molar-refractivity contribution is -0.131. The molecule has 2 heterocycles. The minimum atomic E-state index is -3.61. The second-order valence-electron chi connectivity index (χ2n) is 6.02. The fourth-order valence-electron chi connectivity index (χ4n) is 2.76. The smallest absolute Gasteiger partial charge is 0.240 e. The maximum atomic E-state index is 12.3. The van der Waals surface area contributed by atoms with Gasteiger partial charge in [-0.3, -0.25) is 4.79 Å². The number of hydrogen-bond donors (Lipinski definition) is 1. The van der Waals surface area contributed by atoms with E-state index in [1.807, 2.05) is 4.90 Å². The quantitative estimate of drug-likeness (QED) is 0.706. The Morgan fingerprint density at radius 2 is 1.70 bits per heavy atom. The van der Waals surface area contributed by atoms with Gasteiger partial charge in [-0.2, -0.15) is 0 Å². The summed E-state index contributed by atoms with van der Waals surface area (Å²) >= 11 is 3.27. The zero-order chi connectivity index (χ0) is 19.3. The van der Waals surface area contributed by atoms with Gasteiger partial charge < -0.3 is 9.80 Å². The van der Waals surface area contributed by atoms with Crippen LogP contribution in [0, 0.1) is 0 Å². The van der Waals surface area contributed by atoms with Crippen molar-refractivity contribution in [3.63, 3.8) is 0 Å². The summed E-state index contributed by atoms with van der Waals surface area (Å²) < 4.78 is 27.7. The number of piperazine rings is 1. The van der Waals surface area contributed by atoms with Crippen LogP contribution in [0.4, 0.5) is 5.95 Å². The van der Waals surface area contributed by atoms with Crippen molar-refractivity contribution in [2.75, 3.05) is 37.6 Å². The van der Waals surface area contributed by atoms with E-state index in [2.05, 4.69) is 30.6 Å². The first-order valence-corrected chi connectivity index (χ1v) is 10.8. The second kappa shape index (κ2) is 8.77. The first kappa shape index (κ1) is 19.7. The molecule has 2 aromatic rings. The fraction of sp³-hybridized carbons (Fsp3) is 0.353. The van der Waals surface area contributed by atoms with Crippen LogP contribution in [0.15, 0.2) is 52.1 Å². The molecule has 0 radical (unpaired) electrons. The van der Waals surface area contributed by atoms with Gasteiger partial charge in [0.25, 0.3) is 0 Å². The highest BCUT2D eigenvalue weighted by Crippen LogP contribution is 2.14. The van der Waals surface area contributed by atoms with Gasteiger partial charge in [-0.05, 0) is 30.3 Å². The number of rotatable bonds is 6. The van der Waals surface area contributed by atoms with Crippen LogP contribution in [0.5, 0.6) is 0 Å². The van der Waals surface area contributed by atoms with E-state index < -0.39 is 10.0 Å². The third-order valence-electron chi connectivity index (χ3n) is 4.22. The van der Waals surface area contributed by atoms with Crippen LogP contribution < -0.4 is 9.62 Å². The van der Waals surface area contributed by atoms with E-state index in [-0.39, 0.29) is 23.8 Å². The SMILES string of the molecule is O=C(CCNS(=O)(=O)c1ccc(Br)cc1)N1CCN(c2ncccn2)CC1. The Morgan fingerprint density at radius 1 is 1.07 bits per heavy atom. The van der Waals surface area contributed by atoms with Crippen LogP contribution in [-0.4, -0.2) is 61.9 Å². The van der Waals surface area contributed by atoms with Crippen LogP contribution in [0.2, 0.25) is 0 Å². The van der Waals surface area contributed by atoms with Gasteiger partial charge in [0.2, 0.25) is 21.9 Å². The zero-order valence-electron chi connectivity index (χ0n) is 14.6. The highest BCUT2D eigenvalue weighted by molar-refractivity contribution is 9.10. The molecule has 1 aromatic carbocycles. The summed E-state index contributed by atoms with van der Waals surface area (Å²) in [7, 11) is -3.61. The maximum absolute atomic E-state index is 12.3. The Hall–Kier alpha value is -2.04. The van der Waals surface area contributed by atoms with Crippen LogP contribution in [0.3, 0.4) is 0 Å². The summed E-state index contributed by atoms with van der Waals surface area (Å²) in [4.78, 5) is 24.7. The van der Waals surface area contributed by atoms with Crippen LogP contribution in [-0.2, 0) is 14.8 Å². The highest BCUT2D eigenvalue weighted by atomic mass is 79.9. The number of aromatic nitrogens is 2. The van der Waals surface area contributed by atoms with Gasteiger partial charge in [0, 0.05) is 56.0 Å². The van der Waals surface area contributed by atoms with E-state index in [1.54, 1.807) is 35.5 Å². The highest BCUT2D eigenvalue weighted by Gasteiger charge is 2.22. The summed E-state index contributed by atoms with van der Waals surface area (Å²) in [5.41, 5.74) is 0. The van der Waals surface area contributed by atoms with E-state index >= 15 is 0 Å². The summed E-state index contributed by atoms with van der Waals surface area (Å²) in [6.45, 7) is 2.51. The largest absolute Gasteiger partial charge is 0.339 e. The average Bonchev–Trinajstić information content (AvgIpc) is 2.69. The third-order valence-corrected chi connectivity index (χ3v) is 6.23. The van der Waals surface area contributed by atoms with Gasteiger partial charge >= 0.3 is 0 Å². The fourth-order valence-corrected chi connectivity index (χ4v) is 4.05. The number of nitrogens with one attached hydrogen (secondary N) is 1. The predicted molar refractivity (Wildman–Crippen MR) is 105 cm³/mol. The van der Waals surface area contributed by atoms with Crippen LogP contribution >= 0.6 is 15.9 Å². The van der Waals surface area contributed by atoms with E-state index in [0.717, 1.165) is 4.47 Å². The average molecular weight is 454 g/mol. The third kappa shape index (κ3) is 5.24. The molecule has 0 saturated carbocycles.